The predicted molar refractivity (Wildman–Crippen MR) is 63.8 cm³/mol. The second kappa shape index (κ2) is 3.83. The number of Topliss-reactive ketones (excluding diaryl/α,β-unsaturated/α-hetero) is 1. The summed E-state index contributed by atoms with van der Waals surface area (Å²) in [4.78, 5) is 11.3. The van der Waals surface area contributed by atoms with E-state index in [1.165, 1.54) is 32.1 Å². The van der Waals surface area contributed by atoms with Crippen molar-refractivity contribution in [1.29, 1.82) is 0 Å². The summed E-state index contributed by atoms with van der Waals surface area (Å²) in [6, 6.07) is -0.192. The van der Waals surface area contributed by atoms with Crippen molar-refractivity contribution in [3.63, 3.8) is 0 Å². The molecule has 4 rings (SSSR count). The van der Waals surface area contributed by atoms with Gasteiger partial charge in [0.25, 0.3) is 0 Å². The van der Waals surface area contributed by atoms with Crippen LogP contribution >= 0.6 is 0 Å². The van der Waals surface area contributed by atoms with Crippen LogP contribution in [0.15, 0.2) is 0 Å². The smallest absolute Gasteiger partial charge is 0.146 e. The third-order valence-electron chi connectivity index (χ3n) is 5.47. The molecule has 90 valence electrons. The lowest BCUT2D eigenvalue weighted by atomic mass is 9.51. The summed E-state index contributed by atoms with van der Waals surface area (Å²) in [7, 11) is 0. The molecule has 0 saturated heterocycles. The van der Waals surface area contributed by atoms with Gasteiger partial charge in [0, 0.05) is 0 Å². The van der Waals surface area contributed by atoms with Gasteiger partial charge in [-0.1, -0.05) is 0 Å². The highest BCUT2D eigenvalue weighted by Gasteiger charge is 2.48. The van der Waals surface area contributed by atoms with Crippen LogP contribution in [0.1, 0.15) is 45.4 Å². The average Bonchev–Trinajstić information content (AvgIpc) is 2.21. The van der Waals surface area contributed by atoms with E-state index in [0.717, 1.165) is 36.0 Å². The molecular weight excluding hydrogens is 198 g/mol. The van der Waals surface area contributed by atoms with Crippen molar-refractivity contribution in [1.82, 2.24) is 0 Å². The van der Waals surface area contributed by atoms with E-state index in [2.05, 4.69) is 0 Å². The molecule has 2 heteroatoms. The second-order valence-electron chi connectivity index (χ2n) is 6.55. The van der Waals surface area contributed by atoms with Crippen LogP contribution < -0.4 is 5.73 Å². The first kappa shape index (κ1) is 10.8. The molecule has 4 bridgehead atoms. The first-order chi connectivity index (χ1) is 7.63. The molecule has 0 spiro atoms. The van der Waals surface area contributed by atoms with E-state index in [-0.39, 0.29) is 11.8 Å². The first-order valence-electron chi connectivity index (χ1n) is 6.89. The molecule has 4 aliphatic rings. The third kappa shape index (κ3) is 1.71. The van der Waals surface area contributed by atoms with Crippen molar-refractivity contribution in [3.8, 4) is 0 Å². The number of hydrogen-bond acceptors (Lipinski definition) is 2. The lowest BCUT2D eigenvalue weighted by Gasteiger charge is -2.55. The van der Waals surface area contributed by atoms with Gasteiger partial charge in [-0.25, -0.2) is 0 Å². The topological polar surface area (TPSA) is 43.1 Å². The van der Waals surface area contributed by atoms with Gasteiger partial charge in [-0.05, 0) is 75.0 Å². The maximum atomic E-state index is 11.3. The summed E-state index contributed by atoms with van der Waals surface area (Å²) < 4.78 is 0. The summed E-state index contributed by atoms with van der Waals surface area (Å²) in [6.07, 6.45) is 8.19. The third-order valence-corrected chi connectivity index (χ3v) is 5.47. The number of carbonyl (C=O) groups excluding carboxylic acids is 1. The van der Waals surface area contributed by atoms with E-state index in [1.807, 2.05) is 0 Å². The Bertz CT molecular complexity index is 271. The van der Waals surface area contributed by atoms with Crippen LogP contribution in [-0.2, 0) is 4.79 Å². The van der Waals surface area contributed by atoms with Crippen LogP contribution in [0, 0.1) is 29.6 Å². The molecule has 1 unspecified atom stereocenters. The van der Waals surface area contributed by atoms with Gasteiger partial charge in [-0.3, -0.25) is 4.79 Å². The van der Waals surface area contributed by atoms with Crippen molar-refractivity contribution in [2.75, 3.05) is 0 Å². The van der Waals surface area contributed by atoms with Gasteiger partial charge in [0.05, 0.1) is 6.04 Å². The summed E-state index contributed by atoms with van der Waals surface area (Å²) >= 11 is 0. The van der Waals surface area contributed by atoms with Crippen LogP contribution in [0.3, 0.4) is 0 Å². The quantitative estimate of drug-likeness (QED) is 0.795. The van der Waals surface area contributed by atoms with Gasteiger partial charge < -0.3 is 5.73 Å². The first-order valence-corrected chi connectivity index (χ1v) is 6.89. The zero-order valence-electron chi connectivity index (χ0n) is 10.2. The van der Waals surface area contributed by atoms with E-state index in [0.29, 0.717) is 0 Å². The zero-order valence-corrected chi connectivity index (χ0v) is 10.2. The van der Waals surface area contributed by atoms with E-state index in [4.69, 9.17) is 5.73 Å². The molecule has 16 heavy (non-hydrogen) atoms. The molecule has 2 N–H and O–H groups in total. The van der Waals surface area contributed by atoms with Crippen molar-refractivity contribution < 1.29 is 4.79 Å². The van der Waals surface area contributed by atoms with Gasteiger partial charge in [-0.15, -0.1) is 0 Å². The molecule has 0 heterocycles. The monoisotopic (exact) mass is 221 g/mol. The number of rotatable bonds is 3. The largest absolute Gasteiger partial charge is 0.322 e. The molecule has 0 aliphatic heterocycles. The van der Waals surface area contributed by atoms with Gasteiger partial charge >= 0.3 is 0 Å². The number of carbonyl (C=O) groups is 1. The van der Waals surface area contributed by atoms with Crippen LogP contribution in [0.5, 0.6) is 0 Å². The SMILES string of the molecule is CC(=O)C(N)CC1C2CC3CC(C2)CC1C3. The van der Waals surface area contributed by atoms with Crippen molar-refractivity contribution in [2.45, 2.75) is 51.5 Å². The predicted octanol–water partition coefficient (Wildman–Crippen LogP) is 2.37. The Morgan fingerprint density at radius 3 is 2.06 bits per heavy atom. The maximum Gasteiger partial charge on any atom is 0.146 e. The lowest BCUT2D eigenvalue weighted by molar-refractivity contribution is -0.119. The molecule has 0 aromatic rings. The number of ketones is 1. The van der Waals surface area contributed by atoms with E-state index >= 15 is 0 Å². The fourth-order valence-electron chi connectivity index (χ4n) is 4.88. The number of nitrogens with two attached hydrogens (primary N) is 1. The lowest BCUT2D eigenvalue weighted by Crippen LogP contribution is -2.47. The van der Waals surface area contributed by atoms with E-state index in [1.54, 1.807) is 6.92 Å². The fourth-order valence-corrected chi connectivity index (χ4v) is 4.88. The summed E-state index contributed by atoms with van der Waals surface area (Å²) in [5.74, 6) is 4.79. The number of hydrogen-bond donors (Lipinski definition) is 1. The molecule has 4 fully saturated rings. The minimum absolute atomic E-state index is 0.175. The highest BCUT2D eigenvalue weighted by Crippen LogP contribution is 2.57. The fraction of sp³-hybridized carbons (Fsp3) is 0.929. The molecule has 0 aromatic carbocycles. The Morgan fingerprint density at radius 2 is 1.62 bits per heavy atom. The van der Waals surface area contributed by atoms with E-state index < -0.39 is 0 Å². The molecule has 0 amide bonds. The summed E-state index contributed by atoms with van der Waals surface area (Å²) in [5.41, 5.74) is 5.95. The second-order valence-corrected chi connectivity index (χ2v) is 6.55. The molecule has 4 saturated carbocycles. The van der Waals surface area contributed by atoms with Crippen LogP contribution in [0.25, 0.3) is 0 Å². The highest BCUT2D eigenvalue weighted by atomic mass is 16.1. The van der Waals surface area contributed by atoms with E-state index in [9.17, 15) is 4.79 Å². The Hall–Kier alpha value is -0.370. The Balaban J connectivity index is 1.70. The minimum Gasteiger partial charge on any atom is -0.322 e. The van der Waals surface area contributed by atoms with Crippen molar-refractivity contribution in [3.05, 3.63) is 0 Å². The normalized spacial score (nSPS) is 47.0. The van der Waals surface area contributed by atoms with Crippen molar-refractivity contribution >= 4 is 5.78 Å². The molecule has 1 atom stereocenters. The van der Waals surface area contributed by atoms with Gasteiger partial charge in [0.15, 0.2) is 0 Å². The molecule has 0 aromatic heterocycles. The Morgan fingerprint density at radius 1 is 1.12 bits per heavy atom. The van der Waals surface area contributed by atoms with Gasteiger partial charge in [0.2, 0.25) is 0 Å². The molecular formula is C14H23NO. The molecule has 2 nitrogen and oxygen atoms in total. The molecule has 0 radical (unpaired) electrons. The highest BCUT2D eigenvalue weighted by molar-refractivity contribution is 5.81. The Kier molecular flexibility index (Phi) is 2.58. The zero-order chi connectivity index (χ0) is 11.3. The van der Waals surface area contributed by atoms with Gasteiger partial charge in [0.1, 0.15) is 5.78 Å². The minimum atomic E-state index is -0.192. The van der Waals surface area contributed by atoms with Crippen LogP contribution in [0.4, 0.5) is 0 Å². The Labute approximate surface area is 98.0 Å². The van der Waals surface area contributed by atoms with Crippen LogP contribution in [-0.4, -0.2) is 11.8 Å². The summed E-state index contributed by atoms with van der Waals surface area (Å²) in [6.45, 7) is 1.64. The van der Waals surface area contributed by atoms with Crippen LogP contribution in [0.2, 0.25) is 0 Å². The van der Waals surface area contributed by atoms with Gasteiger partial charge in [-0.2, -0.15) is 0 Å². The standard InChI is InChI=1S/C14H23NO/c1-8(16)14(15)7-13-11-3-9-2-10(5-11)6-12(13)4-9/h9-14H,2-7,15H2,1H3. The molecule has 4 aliphatic carbocycles. The van der Waals surface area contributed by atoms with Crippen molar-refractivity contribution in [2.24, 2.45) is 35.3 Å². The average molecular weight is 221 g/mol. The maximum absolute atomic E-state index is 11.3. The summed E-state index contributed by atoms with van der Waals surface area (Å²) in [5, 5.41) is 0.